The minimum absolute atomic E-state index is 0.0160. The van der Waals surface area contributed by atoms with E-state index >= 15 is 0 Å². The molecule has 0 heterocycles. The van der Waals surface area contributed by atoms with E-state index in [0.717, 1.165) is 36.1 Å². The number of ketones is 1. The first-order valence-electron chi connectivity index (χ1n) is 10.1. The summed E-state index contributed by atoms with van der Waals surface area (Å²) in [6.45, 7) is 5.52. The molecule has 2 aromatic carbocycles. The van der Waals surface area contributed by atoms with Crippen LogP contribution in [0.3, 0.4) is 0 Å². The van der Waals surface area contributed by atoms with E-state index in [1.54, 1.807) is 6.92 Å². The number of benzene rings is 2. The number of hydrogen-bond donors (Lipinski definition) is 1. The van der Waals surface area contributed by atoms with Crippen LogP contribution in [0.1, 0.15) is 46.0 Å². The highest BCUT2D eigenvalue weighted by molar-refractivity contribution is 8.00. The minimum Gasteiger partial charge on any atom is -0.454 e. The van der Waals surface area contributed by atoms with Gasteiger partial charge in [0, 0.05) is 11.3 Å². The Hall–Kier alpha value is -2.60. The van der Waals surface area contributed by atoms with E-state index in [4.69, 9.17) is 4.74 Å². The van der Waals surface area contributed by atoms with Crippen molar-refractivity contribution in [3.05, 3.63) is 64.2 Å². The lowest BCUT2D eigenvalue weighted by Gasteiger charge is -2.13. The number of carbonyl (C=O) groups is 3. The molecule has 1 N–H and O–H groups in total. The number of nitrogens with one attached hydrogen (secondary N) is 1. The third-order valence-electron chi connectivity index (χ3n) is 5.17. The lowest BCUT2D eigenvalue weighted by molar-refractivity contribution is -0.143. The molecule has 0 aliphatic heterocycles. The van der Waals surface area contributed by atoms with Crippen molar-refractivity contribution < 1.29 is 19.1 Å². The Balaban J connectivity index is 1.42. The molecule has 1 amide bonds. The summed E-state index contributed by atoms with van der Waals surface area (Å²) in [4.78, 5) is 36.8. The summed E-state index contributed by atoms with van der Waals surface area (Å²) < 4.78 is 5.28. The maximum Gasteiger partial charge on any atom is 0.316 e. The Bertz CT molecular complexity index is 970. The molecule has 0 radical (unpaired) electrons. The van der Waals surface area contributed by atoms with Gasteiger partial charge in [-0.2, -0.15) is 0 Å². The highest BCUT2D eigenvalue weighted by Crippen LogP contribution is 2.23. The van der Waals surface area contributed by atoms with Crippen LogP contribution in [0.15, 0.2) is 36.4 Å². The van der Waals surface area contributed by atoms with Gasteiger partial charge in [0.05, 0.1) is 11.5 Å². The molecule has 158 valence electrons. The number of anilines is 1. The second kappa shape index (κ2) is 9.94. The van der Waals surface area contributed by atoms with E-state index in [1.807, 2.05) is 50.2 Å². The van der Waals surface area contributed by atoms with Gasteiger partial charge in [0.15, 0.2) is 6.10 Å². The van der Waals surface area contributed by atoms with Crippen molar-refractivity contribution in [2.45, 2.75) is 46.1 Å². The molecule has 3 rings (SSSR count). The van der Waals surface area contributed by atoms with Gasteiger partial charge in [-0.1, -0.05) is 29.8 Å². The Morgan fingerprint density at radius 2 is 1.80 bits per heavy atom. The van der Waals surface area contributed by atoms with Gasteiger partial charge < -0.3 is 10.1 Å². The van der Waals surface area contributed by atoms with Crippen molar-refractivity contribution in [1.82, 2.24) is 0 Å². The van der Waals surface area contributed by atoms with Gasteiger partial charge in [0.1, 0.15) is 0 Å². The standard InChI is InChI=1S/C24H27NO4S/c1-15-7-10-21(16(2)11-15)25-22(26)13-30-14-23(27)29-17(3)24(28)20-9-8-18-5-4-6-19(18)12-20/h7-12,17H,4-6,13-14H2,1-3H3,(H,25,26)/t17-/m1/s1. The number of amides is 1. The highest BCUT2D eigenvalue weighted by Gasteiger charge is 2.21. The smallest absolute Gasteiger partial charge is 0.316 e. The summed E-state index contributed by atoms with van der Waals surface area (Å²) in [6.07, 6.45) is 2.32. The number of Topliss-reactive ketones (excluding diaryl/α,β-unsaturated/α-hetero) is 1. The molecule has 1 atom stereocenters. The Labute approximate surface area is 181 Å². The molecule has 0 spiro atoms. The van der Waals surface area contributed by atoms with E-state index in [9.17, 15) is 14.4 Å². The monoisotopic (exact) mass is 425 g/mol. The number of esters is 1. The van der Waals surface area contributed by atoms with Gasteiger partial charge in [0.25, 0.3) is 0 Å². The summed E-state index contributed by atoms with van der Waals surface area (Å²) in [6, 6.07) is 11.5. The van der Waals surface area contributed by atoms with E-state index in [0.29, 0.717) is 5.56 Å². The zero-order valence-corrected chi connectivity index (χ0v) is 18.4. The van der Waals surface area contributed by atoms with Gasteiger partial charge in [-0.25, -0.2) is 0 Å². The topological polar surface area (TPSA) is 72.5 Å². The number of hydrogen-bond acceptors (Lipinski definition) is 5. The largest absolute Gasteiger partial charge is 0.454 e. The summed E-state index contributed by atoms with van der Waals surface area (Å²) in [7, 11) is 0. The zero-order valence-electron chi connectivity index (χ0n) is 17.6. The van der Waals surface area contributed by atoms with Crippen molar-refractivity contribution in [3.8, 4) is 0 Å². The predicted molar refractivity (Wildman–Crippen MR) is 120 cm³/mol. The van der Waals surface area contributed by atoms with Crippen LogP contribution < -0.4 is 5.32 Å². The van der Waals surface area contributed by atoms with Crippen molar-refractivity contribution in [3.63, 3.8) is 0 Å². The maximum absolute atomic E-state index is 12.6. The molecule has 0 bridgehead atoms. The second-order valence-corrected chi connectivity index (χ2v) is 8.68. The van der Waals surface area contributed by atoms with Crippen LogP contribution in [0.5, 0.6) is 0 Å². The fourth-order valence-electron chi connectivity index (χ4n) is 3.61. The fourth-order valence-corrected chi connectivity index (χ4v) is 4.21. The highest BCUT2D eigenvalue weighted by atomic mass is 32.2. The number of thioether (sulfide) groups is 1. The summed E-state index contributed by atoms with van der Waals surface area (Å²) in [5.41, 5.74) is 5.98. The average molecular weight is 426 g/mol. The van der Waals surface area contributed by atoms with Crippen molar-refractivity contribution in [1.29, 1.82) is 0 Å². The van der Waals surface area contributed by atoms with Crippen LogP contribution in [-0.2, 0) is 27.2 Å². The molecule has 0 saturated heterocycles. The number of aryl methyl sites for hydroxylation is 4. The predicted octanol–water partition coefficient (Wildman–Crippen LogP) is 4.28. The molecule has 0 unspecified atom stereocenters. The maximum atomic E-state index is 12.6. The molecule has 0 saturated carbocycles. The van der Waals surface area contributed by atoms with Gasteiger partial charge in [0.2, 0.25) is 11.7 Å². The Morgan fingerprint density at radius 1 is 1.03 bits per heavy atom. The van der Waals surface area contributed by atoms with Crippen molar-refractivity contribution >= 4 is 35.1 Å². The molecule has 1 aliphatic rings. The van der Waals surface area contributed by atoms with Crippen LogP contribution in [0, 0.1) is 13.8 Å². The SMILES string of the molecule is Cc1ccc(NC(=O)CSCC(=O)O[C@H](C)C(=O)c2ccc3c(c2)CCC3)c(C)c1. The molecule has 2 aromatic rings. The van der Waals surface area contributed by atoms with E-state index in [1.165, 1.54) is 22.9 Å². The molecular weight excluding hydrogens is 398 g/mol. The third kappa shape index (κ3) is 5.72. The summed E-state index contributed by atoms with van der Waals surface area (Å²) in [5, 5.41) is 2.85. The van der Waals surface area contributed by atoms with Crippen LogP contribution in [-0.4, -0.2) is 35.3 Å². The van der Waals surface area contributed by atoms with Crippen molar-refractivity contribution in [2.24, 2.45) is 0 Å². The number of rotatable bonds is 8. The van der Waals surface area contributed by atoms with E-state index in [-0.39, 0.29) is 23.2 Å². The quantitative estimate of drug-likeness (QED) is 0.505. The first kappa shape index (κ1) is 22.1. The molecule has 5 nitrogen and oxygen atoms in total. The van der Waals surface area contributed by atoms with Crippen LogP contribution in [0.2, 0.25) is 0 Å². The first-order valence-corrected chi connectivity index (χ1v) is 11.3. The molecule has 6 heteroatoms. The van der Waals surface area contributed by atoms with E-state index in [2.05, 4.69) is 5.32 Å². The lowest BCUT2D eigenvalue weighted by atomic mass is 10.0. The first-order chi connectivity index (χ1) is 14.3. The third-order valence-corrected chi connectivity index (χ3v) is 6.08. The zero-order chi connectivity index (χ0) is 21.7. The summed E-state index contributed by atoms with van der Waals surface area (Å²) in [5.74, 6) is -0.725. The number of ether oxygens (including phenoxy) is 1. The Morgan fingerprint density at radius 3 is 2.57 bits per heavy atom. The molecule has 1 aliphatic carbocycles. The molecule has 30 heavy (non-hydrogen) atoms. The van der Waals surface area contributed by atoms with Gasteiger partial charge in [-0.15, -0.1) is 11.8 Å². The number of fused-ring (bicyclic) bond motifs is 1. The summed E-state index contributed by atoms with van der Waals surface area (Å²) >= 11 is 1.17. The molecular formula is C24H27NO4S. The van der Waals surface area contributed by atoms with Gasteiger partial charge in [-0.3, -0.25) is 14.4 Å². The van der Waals surface area contributed by atoms with E-state index < -0.39 is 12.1 Å². The fraction of sp³-hybridized carbons (Fsp3) is 0.375. The number of carbonyl (C=O) groups excluding carboxylic acids is 3. The van der Waals surface area contributed by atoms with Crippen LogP contribution >= 0.6 is 11.8 Å². The average Bonchev–Trinajstić information content (AvgIpc) is 3.17. The van der Waals surface area contributed by atoms with Gasteiger partial charge >= 0.3 is 5.97 Å². The lowest BCUT2D eigenvalue weighted by Crippen LogP contribution is -2.26. The normalized spacial score (nSPS) is 13.4. The van der Waals surface area contributed by atoms with Crippen LogP contribution in [0.25, 0.3) is 0 Å². The molecule has 0 aromatic heterocycles. The van der Waals surface area contributed by atoms with Gasteiger partial charge in [-0.05, 0) is 68.9 Å². The van der Waals surface area contributed by atoms with Crippen LogP contribution in [0.4, 0.5) is 5.69 Å². The second-order valence-electron chi connectivity index (χ2n) is 7.69. The molecule has 0 fully saturated rings. The van der Waals surface area contributed by atoms with Crippen molar-refractivity contribution in [2.75, 3.05) is 16.8 Å². The Kier molecular flexibility index (Phi) is 7.32. The minimum atomic E-state index is -0.846.